The van der Waals surface area contributed by atoms with Crippen molar-refractivity contribution in [3.05, 3.63) is 46.2 Å². The van der Waals surface area contributed by atoms with E-state index in [9.17, 15) is 10.2 Å². The number of methoxy groups -OCH3 is 1. The van der Waals surface area contributed by atoms with Crippen LogP contribution in [0.1, 0.15) is 58.1 Å². The maximum atomic E-state index is 9.79. The topological polar surface area (TPSA) is 97.4 Å². The maximum Gasteiger partial charge on any atom is 0.213 e. The Labute approximate surface area is 201 Å². The summed E-state index contributed by atoms with van der Waals surface area (Å²) >= 11 is 4.86. The van der Waals surface area contributed by atoms with Gasteiger partial charge in [-0.25, -0.2) is 0 Å². The standard InChI is InChI=1S/C14H23NO.C11H13N3O2S/c1-6-9-15(11(2)3)13-10-12(4)7-8-14(13)16-5;1-5(2)6-3-7(9(16)4-8(6)15)10-12-11(17)14-13-10/h7-8,10-11H,6,9H2,1-5H3;3-5,15-16H,1-2H3,(H2,12,13,14,17). The summed E-state index contributed by atoms with van der Waals surface area (Å²) in [5, 5.41) is 24.9. The van der Waals surface area contributed by atoms with E-state index in [1.54, 1.807) is 13.2 Å². The van der Waals surface area contributed by atoms with Gasteiger partial charge in [0.15, 0.2) is 5.82 Å². The number of anilines is 1. The number of nitrogens with zero attached hydrogens (tertiary/aromatic N) is 2. The molecule has 33 heavy (non-hydrogen) atoms. The highest BCUT2D eigenvalue weighted by atomic mass is 32.1. The Morgan fingerprint density at radius 2 is 1.76 bits per heavy atom. The minimum absolute atomic E-state index is 0.0374. The average Bonchev–Trinajstić information content (AvgIpc) is 3.18. The predicted octanol–water partition coefficient (Wildman–Crippen LogP) is 6.30. The Hall–Kier alpha value is -3.00. The minimum Gasteiger partial charge on any atom is -0.508 e. The van der Waals surface area contributed by atoms with Crippen molar-refractivity contribution in [2.45, 2.75) is 59.9 Å². The van der Waals surface area contributed by atoms with E-state index in [1.165, 1.54) is 17.3 Å². The molecule has 0 fully saturated rings. The van der Waals surface area contributed by atoms with Crippen molar-refractivity contribution in [3.8, 4) is 28.6 Å². The minimum atomic E-state index is -0.0374. The monoisotopic (exact) mass is 472 g/mol. The fourth-order valence-corrected chi connectivity index (χ4v) is 3.71. The molecular weight excluding hydrogens is 436 g/mol. The van der Waals surface area contributed by atoms with Gasteiger partial charge in [0.25, 0.3) is 0 Å². The number of ether oxygens (including phenoxy) is 1. The van der Waals surface area contributed by atoms with Gasteiger partial charge >= 0.3 is 0 Å². The lowest BCUT2D eigenvalue weighted by atomic mass is 9.98. The van der Waals surface area contributed by atoms with E-state index < -0.39 is 0 Å². The van der Waals surface area contributed by atoms with Crippen LogP contribution in [0, 0.1) is 11.7 Å². The first kappa shape index (κ1) is 26.3. The van der Waals surface area contributed by atoms with Gasteiger partial charge in [-0.3, -0.25) is 10.2 Å². The highest BCUT2D eigenvalue weighted by Crippen LogP contribution is 2.36. The molecule has 0 aliphatic carbocycles. The number of aromatic nitrogens is 3. The summed E-state index contributed by atoms with van der Waals surface area (Å²) in [7, 11) is 1.73. The van der Waals surface area contributed by atoms with Crippen LogP contribution in [0.4, 0.5) is 5.69 Å². The molecule has 7 nitrogen and oxygen atoms in total. The summed E-state index contributed by atoms with van der Waals surface area (Å²) in [4.78, 5) is 6.43. The molecule has 1 aromatic heterocycles. The highest BCUT2D eigenvalue weighted by Gasteiger charge is 2.15. The van der Waals surface area contributed by atoms with Crippen LogP contribution in [0.25, 0.3) is 11.4 Å². The summed E-state index contributed by atoms with van der Waals surface area (Å²) < 4.78 is 5.75. The van der Waals surface area contributed by atoms with Gasteiger partial charge in [-0.15, -0.1) is 0 Å². The lowest BCUT2D eigenvalue weighted by Crippen LogP contribution is -2.31. The first-order chi connectivity index (χ1) is 15.6. The largest absolute Gasteiger partial charge is 0.508 e. The molecule has 4 N–H and O–H groups in total. The summed E-state index contributed by atoms with van der Waals surface area (Å²) in [5.74, 6) is 1.61. The third-order valence-electron chi connectivity index (χ3n) is 5.25. The second-order valence-electron chi connectivity index (χ2n) is 8.56. The van der Waals surface area contributed by atoms with Crippen molar-refractivity contribution < 1.29 is 14.9 Å². The van der Waals surface area contributed by atoms with Crippen LogP contribution in [-0.4, -0.2) is 45.1 Å². The van der Waals surface area contributed by atoms with Crippen LogP contribution < -0.4 is 9.64 Å². The number of H-pyrrole nitrogens is 2. The lowest BCUT2D eigenvalue weighted by molar-refractivity contribution is 0.413. The van der Waals surface area contributed by atoms with Gasteiger partial charge in [-0.2, -0.15) is 4.98 Å². The number of rotatable bonds is 7. The third kappa shape index (κ3) is 6.74. The maximum absolute atomic E-state index is 9.79. The van der Waals surface area contributed by atoms with Gasteiger partial charge in [-0.1, -0.05) is 26.8 Å². The molecule has 0 unspecified atom stereocenters. The third-order valence-corrected chi connectivity index (χ3v) is 5.45. The molecule has 1 heterocycles. The van der Waals surface area contributed by atoms with Crippen LogP contribution in [-0.2, 0) is 0 Å². The molecule has 0 saturated carbocycles. The van der Waals surface area contributed by atoms with Crippen molar-refractivity contribution in [3.63, 3.8) is 0 Å². The molecule has 0 amide bonds. The zero-order valence-electron chi connectivity index (χ0n) is 20.6. The average molecular weight is 473 g/mol. The van der Waals surface area contributed by atoms with E-state index in [0.29, 0.717) is 22.2 Å². The van der Waals surface area contributed by atoms with Gasteiger partial charge in [0.1, 0.15) is 17.2 Å². The number of hydrogen-bond donors (Lipinski definition) is 4. The van der Waals surface area contributed by atoms with Gasteiger partial charge in [0, 0.05) is 18.7 Å². The van der Waals surface area contributed by atoms with E-state index in [4.69, 9.17) is 17.0 Å². The molecule has 0 aliphatic heterocycles. The molecule has 0 spiro atoms. The van der Waals surface area contributed by atoms with Gasteiger partial charge in [-0.05, 0) is 74.7 Å². The van der Waals surface area contributed by atoms with Gasteiger partial charge in [0.05, 0.1) is 18.4 Å². The molecule has 8 heteroatoms. The quantitative estimate of drug-likeness (QED) is 0.301. The number of phenols is 2. The van der Waals surface area contributed by atoms with E-state index in [2.05, 4.69) is 66.0 Å². The van der Waals surface area contributed by atoms with Crippen LogP contribution in [0.3, 0.4) is 0 Å². The van der Waals surface area contributed by atoms with E-state index in [-0.39, 0.29) is 17.4 Å². The number of aromatic amines is 2. The summed E-state index contributed by atoms with van der Waals surface area (Å²) in [6.45, 7) is 13.8. The summed E-state index contributed by atoms with van der Waals surface area (Å²) in [6.07, 6.45) is 1.15. The molecule has 0 saturated heterocycles. The molecular formula is C25H36N4O3S. The van der Waals surface area contributed by atoms with Crippen molar-refractivity contribution in [1.82, 2.24) is 15.2 Å². The Morgan fingerprint density at radius 1 is 1.06 bits per heavy atom. The van der Waals surface area contributed by atoms with Crippen molar-refractivity contribution in [1.29, 1.82) is 0 Å². The van der Waals surface area contributed by atoms with E-state index >= 15 is 0 Å². The highest BCUT2D eigenvalue weighted by molar-refractivity contribution is 7.71. The smallest absolute Gasteiger partial charge is 0.213 e. The molecule has 180 valence electrons. The zero-order chi connectivity index (χ0) is 24.7. The summed E-state index contributed by atoms with van der Waals surface area (Å²) in [6, 6.07) is 9.86. The van der Waals surface area contributed by atoms with Gasteiger partial charge in [0.2, 0.25) is 4.77 Å². The molecule has 0 atom stereocenters. The Balaban J connectivity index is 0.000000234. The molecule has 0 bridgehead atoms. The Bertz CT molecular complexity index is 1110. The SMILES string of the molecule is CC(C)c1cc(-c2nc(=S)[nH][nH]2)c(O)cc1O.CCCN(c1cc(C)ccc1OC)C(C)C. The van der Waals surface area contributed by atoms with Crippen LogP contribution in [0.2, 0.25) is 0 Å². The Morgan fingerprint density at radius 3 is 2.27 bits per heavy atom. The van der Waals surface area contributed by atoms with Crippen LogP contribution >= 0.6 is 12.2 Å². The molecule has 3 rings (SSSR count). The van der Waals surface area contributed by atoms with Crippen LogP contribution in [0.5, 0.6) is 17.2 Å². The lowest BCUT2D eigenvalue weighted by Gasteiger charge is -2.30. The normalized spacial score (nSPS) is 10.8. The fourth-order valence-electron chi connectivity index (χ4n) is 3.57. The zero-order valence-corrected chi connectivity index (χ0v) is 21.4. The molecule has 2 aromatic carbocycles. The number of aryl methyl sites for hydroxylation is 1. The number of phenolic OH excluding ortho intramolecular Hbond substituents is 2. The van der Waals surface area contributed by atoms with E-state index in [0.717, 1.165) is 24.3 Å². The van der Waals surface area contributed by atoms with Crippen molar-refractivity contribution in [2.75, 3.05) is 18.6 Å². The van der Waals surface area contributed by atoms with Crippen molar-refractivity contribution >= 4 is 17.9 Å². The first-order valence-electron chi connectivity index (χ1n) is 11.2. The van der Waals surface area contributed by atoms with Crippen LogP contribution in [0.15, 0.2) is 30.3 Å². The second kappa shape index (κ2) is 11.7. The number of nitrogens with one attached hydrogen (secondary N) is 2. The Kier molecular flexibility index (Phi) is 9.34. The fraction of sp³-hybridized carbons (Fsp3) is 0.440. The molecule has 0 aliphatic rings. The second-order valence-corrected chi connectivity index (χ2v) is 8.95. The number of aromatic hydroxyl groups is 2. The molecule has 0 radical (unpaired) electrons. The van der Waals surface area contributed by atoms with E-state index in [1.807, 2.05) is 13.8 Å². The summed E-state index contributed by atoms with van der Waals surface area (Å²) in [5.41, 5.74) is 3.75. The predicted molar refractivity (Wildman–Crippen MR) is 137 cm³/mol. The van der Waals surface area contributed by atoms with Crippen molar-refractivity contribution in [2.24, 2.45) is 0 Å². The number of benzene rings is 2. The number of hydrogen-bond acceptors (Lipinski definition) is 6. The van der Waals surface area contributed by atoms with Gasteiger partial charge < -0.3 is 19.8 Å². The molecule has 3 aromatic rings. The first-order valence-corrected chi connectivity index (χ1v) is 11.6.